The fourth-order valence-corrected chi connectivity index (χ4v) is 0.994. The fourth-order valence-electron chi connectivity index (χ4n) is 0.994. The Kier molecular flexibility index (Phi) is 3.05. The Balaban J connectivity index is 2.68. The van der Waals surface area contributed by atoms with Gasteiger partial charge in [0.05, 0.1) is 0 Å². The van der Waals surface area contributed by atoms with Gasteiger partial charge in [0.25, 0.3) is 0 Å². The second-order valence-electron chi connectivity index (χ2n) is 2.90. The van der Waals surface area contributed by atoms with Crippen LogP contribution in [0.5, 0.6) is 0 Å². The van der Waals surface area contributed by atoms with Crippen LogP contribution in [0, 0.1) is 6.92 Å². The summed E-state index contributed by atoms with van der Waals surface area (Å²) in [6.45, 7) is 3.53. The normalized spacial score (nSPS) is 9.92. The average Bonchev–Trinajstić information content (AvgIpc) is 2.06. The molecule has 0 aromatic carbocycles. The summed E-state index contributed by atoms with van der Waals surface area (Å²) in [5.41, 5.74) is 6.61. The molecule has 0 atom stereocenters. The summed E-state index contributed by atoms with van der Waals surface area (Å²) in [5.74, 6) is 0.978. The Hall–Kier alpha value is -1.09. The molecule has 0 unspecified atom stereocenters. The van der Waals surface area contributed by atoms with Crippen LogP contribution in [0.25, 0.3) is 0 Å². The first-order valence-corrected chi connectivity index (χ1v) is 4.08. The molecule has 3 heteroatoms. The average molecular weight is 165 g/mol. The Labute approximate surface area is 73.2 Å². The molecule has 0 aliphatic heterocycles. The van der Waals surface area contributed by atoms with E-state index in [1.54, 1.807) is 0 Å². The lowest BCUT2D eigenvalue weighted by molar-refractivity contribution is 0.868. The quantitative estimate of drug-likeness (QED) is 0.720. The summed E-state index contributed by atoms with van der Waals surface area (Å²) in [5, 5.41) is 0. The number of aromatic nitrogens is 1. The third kappa shape index (κ3) is 2.20. The zero-order valence-electron chi connectivity index (χ0n) is 7.62. The fraction of sp³-hybridized carbons (Fsp3) is 0.444. The molecular formula is C9H15N3. The monoisotopic (exact) mass is 165 g/mol. The van der Waals surface area contributed by atoms with Crippen molar-refractivity contribution >= 4 is 5.82 Å². The number of pyridine rings is 1. The van der Waals surface area contributed by atoms with Crippen LogP contribution in [0.4, 0.5) is 5.82 Å². The molecule has 1 aromatic rings. The van der Waals surface area contributed by atoms with E-state index in [1.807, 2.05) is 31.1 Å². The van der Waals surface area contributed by atoms with Crippen molar-refractivity contribution in [2.75, 3.05) is 25.0 Å². The predicted molar refractivity (Wildman–Crippen MR) is 51.3 cm³/mol. The molecule has 0 aliphatic rings. The standard InChI is InChI=1S/C9H15N3/c1-8-3-4-9(11-7-8)12(2)6-5-10/h3-4,7H,5-6,10H2,1-2H3. The van der Waals surface area contributed by atoms with Crippen LogP contribution >= 0.6 is 0 Å². The maximum atomic E-state index is 5.43. The third-order valence-corrected chi connectivity index (χ3v) is 1.75. The maximum Gasteiger partial charge on any atom is 0.128 e. The summed E-state index contributed by atoms with van der Waals surface area (Å²) >= 11 is 0. The number of nitrogens with zero attached hydrogens (tertiary/aromatic N) is 2. The lowest BCUT2D eigenvalue weighted by atomic mass is 10.3. The summed E-state index contributed by atoms with van der Waals surface area (Å²) in [7, 11) is 1.99. The SMILES string of the molecule is Cc1ccc(N(C)CCN)nc1. The van der Waals surface area contributed by atoms with Gasteiger partial charge in [0, 0.05) is 26.3 Å². The van der Waals surface area contributed by atoms with Crippen LogP contribution in [0.15, 0.2) is 18.3 Å². The second kappa shape index (κ2) is 4.07. The highest BCUT2D eigenvalue weighted by Gasteiger charge is 1.98. The van der Waals surface area contributed by atoms with Crippen LogP contribution < -0.4 is 10.6 Å². The van der Waals surface area contributed by atoms with E-state index in [2.05, 4.69) is 11.1 Å². The van der Waals surface area contributed by atoms with Crippen molar-refractivity contribution < 1.29 is 0 Å². The van der Waals surface area contributed by atoms with Crippen LogP contribution in [0.3, 0.4) is 0 Å². The van der Waals surface area contributed by atoms with Gasteiger partial charge in [0.2, 0.25) is 0 Å². The molecule has 12 heavy (non-hydrogen) atoms. The minimum Gasteiger partial charge on any atom is -0.358 e. The highest BCUT2D eigenvalue weighted by atomic mass is 15.2. The van der Waals surface area contributed by atoms with Gasteiger partial charge >= 0.3 is 0 Å². The van der Waals surface area contributed by atoms with Crippen LogP contribution in [0.2, 0.25) is 0 Å². The zero-order chi connectivity index (χ0) is 8.97. The summed E-state index contributed by atoms with van der Waals surface area (Å²) in [6.07, 6.45) is 1.86. The highest BCUT2D eigenvalue weighted by Crippen LogP contribution is 2.07. The van der Waals surface area contributed by atoms with Gasteiger partial charge in [-0.15, -0.1) is 0 Å². The van der Waals surface area contributed by atoms with Crippen molar-refractivity contribution in [3.63, 3.8) is 0 Å². The number of anilines is 1. The Bertz CT molecular complexity index is 230. The van der Waals surface area contributed by atoms with Gasteiger partial charge in [0.1, 0.15) is 5.82 Å². The number of aryl methyl sites for hydroxylation is 1. The van der Waals surface area contributed by atoms with Gasteiger partial charge in [-0.05, 0) is 18.6 Å². The molecule has 0 fully saturated rings. The van der Waals surface area contributed by atoms with E-state index in [0.29, 0.717) is 6.54 Å². The molecule has 1 heterocycles. The van der Waals surface area contributed by atoms with E-state index in [9.17, 15) is 0 Å². The number of nitrogens with two attached hydrogens (primary N) is 1. The van der Waals surface area contributed by atoms with E-state index < -0.39 is 0 Å². The molecule has 0 saturated heterocycles. The maximum absolute atomic E-state index is 5.43. The lowest BCUT2D eigenvalue weighted by Gasteiger charge is -2.16. The molecule has 0 spiro atoms. The lowest BCUT2D eigenvalue weighted by Crippen LogP contribution is -2.25. The van der Waals surface area contributed by atoms with Gasteiger partial charge < -0.3 is 10.6 Å². The summed E-state index contributed by atoms with van der Waals surface area (Å²) in [4.78, 5) is 6.31. The molecule has 66 valence electrons. The minimum absolute atomic E-state index is 0.659. The number of likely N-dealkylation sites (N-methyl/N-ethyl adjacent to an activating group) is 1. The number of rotatable bonds is 3. The van der Waals surface area contributed by atoms with Crippen molar-refractivity contribution in [3.05, 3.63) is 23.9 Å². The first-order valence-electron chi connectivity index (χ1n) is 4.08. The van der Waals surface area contributed by atoms with E-state index in [-0.39, 0.29) is 0 Å². The molecule has 0 bridgehead atoms. The smallest absolute Gasteiger partial charge is 0.128 e. The first-order chi connectivity index (χ1) is 5.74. The molecular weight excluding hydrogens is 150 g/mol. The highest BCUT2D eigenvalue weighted by molar-refractivity contribution is 5.37. The Morgan fingerprint density at radius 1 is 1.50 bits per heavy atom. The van der Waals surface area contributed by atoms with E-state index >= 15 is 0 Å². The predicted octanol–water partition coefficient (Wildman–Crippen LogP) is 0.785. The molecule has 0 aliphatic carbocycles. The Morgan fingerprint density at radius 2 is 2.25 bits per heavy atom. The number of hydrogen-bond donors (Lipinski definition) is 1. The topological polar surface area (TPSA) is 42.1 Å². The van der Waals surface area contributed by atoms with Gasteiger partial charge in [-0.1, -0.05) is 6.07 Å². The van der Waals surface area contributed by atoms with Crippen molar-refractivity contribution in [3.8, 4) is 0 Å². The molecule has 2 N–H and O–H groups in total. The molecule has 0 amide bonds. The molecule has 1 aromatic heterocycles. The summed E-state index contributed by atoms with van der Waals surface area (Å²) < 4.78 is 0. The van der Waals surface area contributed by atoms with Crippen LogP contribution in [-0.4, -0.2) is 25.1 Å². The van der Waals surface area contributed by atoms with Gasteiger partial charge in [0.15, 0.2) is 0 Å². The second-order valence-corrected chi connectivity index (χ2v) is 2.90. The van der Waals surface area contributed by atoms with Crippen molar-refractivity contribution in [2.24, 2.45) is 5.73 Å². The third-order valence-electron chi connectivity index (χ3n) is 1.75. The van der Waals surface area contributed by atoms with Gasteiger partial charge in [-0.3, -0.25) is 0 Å². The largest absolute Gasteiger partial charge is 0.358 e. The van der Waals surface area contributed by atoms with Crippen molar-refractivity contribution in [1.82, 2.24) is 4.98 Å². The zero-order valence-corrected chi connectivity index (χ0v) is 7.62. The van der Waals surface area contributed by atoms with E-state index in [0.717, 1.165) is 12.4 Å². The molecule has 1 rings (SSSR count). The van der Waals surface area contributed by atoms with Gasteiger partial charge in [-0.2, -0.15) is 0 Å². The van der Waals surface area contributed by atoms with Crippen LogP contribution in [-0.2, 0) is 0 Å². The van der Waals surface area contributed by atoms with Crippen LogP contribution in [0.1, 0.15) is 5.56 Å². The van der Waals surface area contributed by atoms with E-state index in [1.165, 1.54) is 5.56 Å². The Morgan fingerprint density at radius 3 is 2.75 bits per heavy atom. The number of hydrogen-bond acceptors (Lipinski definition) is 3. The van der Waals surface area contributed by atoms with E-state index in [4.69, 9.17) is 5.73 Å². The van der Waals surface area contributed by atoms with Crippen molar-refractivity contribution in [1.29, 1.82) is 0 Å². The minimum atomic E-state index is 0.659. The molecule has 0 saturated carbocycles. The summed E-state index contributed by atoms with van der Waals surface area (Å²) in [6, 6.07) is 4.06. The first kappa shape index (κ1) is 9.00. The van der Waals surface area contributed by atoms with Crippen molar-refractivity contribution in [2.45, 2.75) is 6.92 Å². The molecule has 0 radical (unpaired) electrons. The van der Waals surface area contributed by atoms with Gasteiger partial charge in [-0.25, -0.2) is 4.98 Å². The molecule has 3 nitrogen and oxygen atoms in total.